The van der Waals surface area contributed by atoms with Crippen LogP contribution in [0.1, 0.15) is 21.6 Å². The number of rotatable bonds is 7. The molecule has 3 aromatic rings. The van der Waals surface area contributed by atoms with Crippen LogP contribution in [-0.2, 0) is 20.7 Å². The van der Waals surface area contributed by atoms with E-state index in [9.17, 15) is 23.9 Å². The summed E-state index contributed by atoms with van der Waals surface area (Å²) in [4.78, 5) is 44.7. The van der Waals surface area contributed by atoms with Gasteiger partial charge < -0.3 is 25.8 Å². The number of aromatic nitrogens is 2. The number of methoxy groups -OCH3 is 1. The number of carbonyl (C=O) groups is 3. The van der Waals surface area contributed by atoms with E-state index in [1.165, 1.54) is 32.5 Å². The molecule has 0 fully saturated rings. The lowest BCUT2D eigenvalue weighted by atomic mass is 10.0. The van der Waals surface area contributed by atoms with Crippen LogP contribution in [0.2, 0.25) is 0 Å². The van der Waals surface area contributed by atoms with Crippen molar-refractivity contribution < 1.29 is 28.6 Å². The molecular formula is C22H22FN5O5. The predicted octanol–water partition coefficient (Wildman–Crippen LogP) is 1.13. The molecule has 2 aromatic heterocycles. The third kappa shape index (κ3) is 5.57. The summed E-state index contributed by atoms with van der Waals surface area (Å²) in [5, 5.41) is 18.0. The van der Waals surface area contributed by atoms with Gasteiger partial charge in [0.25, 0.3) is 5.91 Å². The van der Waals surface area contributed by atoms with E-state index in [1.807, 2.05) is 0 Å². The number of likely N-dealkylation sites (N-methyl/N-ethyl adjacent to an activating group) is 1. The van der Waals surface area contributed by atoms with Crippen molar-refractivity contribution >= 4 is 34.4 Å². The van der Waals surface area contributed by atoms with Crippen LogP contribution in [-0.4, -0.2) is 60.1 Å². The number of fused-ring (bicyclic) bond motifs is 1. The molecule has 0 radical (unpaired) electrons. The Hall–Kier alpha value is -4.12. The van der Waals surface area contributed by atoms with Crippen molar-refractivity contribution in [2.75, 3.05) is 32.6 Å². The second-order valence-electron chi connectivity index (χ2n) is 6.98. The molecule has 0 unspecified atom stereocenters. The van der Waals surface area contributed by atoms with Gasteiger partial charge in [0.1, 0.15) is 17.2 Å². The summed E-state index contributed by atoms with van der Waals surface area (Å²) in [5.41, 5.74) is 1.12. The highest BCUT2D eigenvalue weighted by atomic mass is 19.1. The van der Waals surface area contributed by atoms with Gasteiger partial charge >= 0.3 is 11.8 Å². The first-order valence-corrected chi connectivity index (χ1v) is 9.90. The van der Waals surface area contributed by atoms with Crippen LogP contribution in [0.3, 0.4) is 0 Å². The topological polar surface area (TPSA) is 143 Å². The molecule has 0 aliphatic rings. The maximum Gasteiger partial charge on any atom is 0.314 e. The Balaban J connectivity index is 2.05. The number of nitrogens with one attached hydrogen (secondary N) is 3. The molecule has 33 heavy (non-hydrogen) atoms. The smallest absolute Gasteiger partial charge is 0.314 e. The van der Waals surface area contributed by atoms with Gasteiger partial charge in [-0.1, -0.05) is 12.1 Å². The maximum atomic E-state index is 13.2. The normalized spacial score (nSPS) is 10.6. The van der Waals surface area contributed by atoms with E-state index >= 15 is 0 Å². The van der Waals surface area contributed by atoms with Gasteiger partial charge in [-0.3, -0.25) is 19.4 Å². The molecule has 11 heteroatoms. The molecule has 3 rings (SSSR count). The Morgan fingerprint density at radius 1 is 1.12 bits per heavy atom. The Bertz CT molecular complexity index is 1200. The Morgan fingerprint density at radius 3 is 2.52 bits per heavy atom. The van der Waals surface area contributed by atoms with E-state index < -0.39 is 23.5 Å². The SMILES string of the molecule is CNC(=O)C(=O)Nc1nc(C(=O)NCCOC)c(O)c2ncc(Cc3ccc(F)cc3)cc12. The molecule has 0 spiro atoms. The van der Waals surface area contributed by atoms with Gasteiger partial charge in [0.2, 0.25) is 0 Å². The van der Waals surface area contributed by atoms with Crippen molar-refractivity contribution in [1.29, 1.82) is 0 Å². The van der Waals surface area contributed by atoms with Crippen molar-refractivity contribution in [1.82, 2.24) is 20.6 Å². The lowest BCUT2D eigenvalue weighted by Crippen LogP contribution is -2.33. The summed E-state index contributed by atoms with van der Waals surface area (Å²) in [6.45, 7) is 0.407. The number of anilines is 1. The molecule has 3 amide bonds. The van der Waals surface area contributed by atoms with Crippen LogP contribution in [0.15, 0.2) is 36.5 Å². The van der Waals surface area contributed by atoms with E-state index in [2.05, 4.69) is 25.9 Å². The van der Waals surface area contributed by atoms with E-state index in [4.69, 9.17) is 4.74 Å². The summed E-state index contributed by atoms with van der Waals surface area (Å²) in [6.07, 6.45) is 1.87. The molecule has 0 bridgehead atoms. The van der Waals surface area contributed by atoms with Gasteiger partial charge in [-0.15, -0.1) is 0 Å². The monoisotopic (exact) mass is 455 g/mol. The second-order valence-corrected chi connectivity index (χ2v) is 6.98. The van der Waals surface area contributed by atoms with Crippen molar-refractivity contribution in [2.24, 2.45) is 0 Å². The van der Waals surface area contributed by atoms with Crippen LogP contribution in [0.5, 0.6) is 5.75 Å². The van der Waals surface area contributed by atoms with Gasteiger partial charge in [-0.05, 0) is 35.7 Å². The largest absolute Gasteiger partial charge is 0.504 e. The summed E-state index contributed by atoms with van der Waals surface area (Å²) in [7, 11) is 2.76. The third-order valence-corrected chi connectivity index (χ3v) is 4.67. The zero-order valence-corrected chi connectivity index (χ0v) is 17.9. The Morgan fingerprint density at radius 2 is 1.85 bits per heavy atom. The summed E-state index contributed by atoms with van der Waals surface area (Å²) in [6, 6.07) is 7.53. The van der Waals surface area contributed by atoms with Gasteiger partial charge in [0, 0.05) is 32.3 Å². The van der Waals surface area contributed by atoms with Crippen molar-refractivity contribution in [2.45, 2.75) is 6.42 Å². The molecule has 0 saturated heterocycles. The van der Waals surface area contributed by atoms with Crippen molar-refractivity contribution in [3.63, 3.8) is 0 Å². The molecule has 4 N–H and O–H groups in total. The van der Waals surface area contributed by atoms with Crippen molar-refractivity contribution in [3.8, 4) is 5.75 Å². The number of ether oxygens (including phenoxy) is 1. The fraction of sp³-hybridized carbons (Fsp3) is 0.227. The zero-order valence-electron chi connectivity index (χ0n) is 17.9. The lowest BCUT2D eigenvalue weighted by molar-refractivity contribution is -0.135. The van der Waals surface area contributed by atoms with Gasteiger partial charge in [-0.25, -0.2) is 9.37 Å². The number of benzene rings is 1. The molecular weight excluding hydrogens is 433 g/mol. The average molecular weight is 455 g/mol. The van der Waals surface area contributed by atoms with E-state index in [1.54, 1.807) is 18.2 Å². The predicted molar refractivity (Wildman–Crippen MR) is 117 cm³/mol. The first-order valence-electron chi connectivity index (χ1n) is 9.90. The minimum atomic E-state index is -1.01. The second kappa shape index (κ2) is 10.5. The van der Waals surface area contributed by atoms with Gasteiger partial charge in [-0.2, -0.15) is 0 Å². The summed E-state index contributed by atoms with van der Waals surface area (Å²) in [5.74, 6) is -3.60. The highest BCUT2D eigenvalue weighted by Crippen LogP contribution is 2.32. The molecule has 0 saturated carbocycles. The quantitative estimate of drug-likeness (QED) is 0.309. The minimum absolute atomic E-state index is 0.0111. The molecule has 0 aliphatic carbocycles. The lowest BCUT2D eigenvalue weighted by Gasteiger charge is -2.13. The maximum absolute atomic E-state index is 13.2. The first-order chi connectivity index (χ1) is 15.8. The number of carbonyl (C=O) groups excluding carboxylic acids is 3. The fourth-order valence-corrected chi connectivity index (χ4v) is 3.03. The molecule has 10 nitrogen and oxygen atoms in total. The van der Waals surface area contributed by atoms with E-state index in [0.29, 0.717) is 12.0 Å². The molecule has 2 heterocycles. The molecule has 172 valence electrons. The van der Waals surface area contributed by atoms with Crippen LogP contribution >= 0.6 is 0 Å². The van der Waals surface area contributed by atoms with Crippen LogP contribution < -0.4 is 16.0 Å². The van der Waals surface area contributed by atoms with E-state index in [-0.39, 0.29) is 41.4 Å². The van der Waals surface area contributed by atoms with Crippen LogP contribution in [0.4, 0.5) is 10.2 Å². The van der Waals surface area contributed by atoms with Crippen LogP contribution in [0, 0.1) is 5.82 Å². The number of nitrogens with zero attached hydrogens (tertiary/aromatic N) is 2. The molecule has 1 aromatic carbocycles. The molecule has 0 atom stereocenters. The number of pyridine rings is 2. The van der Waals surface area contributed by atoms with Gasteiger partial charge in [0.05, 0.1) is 6.61 Å². The highest BCUT2D eigenvalue weighted by Gasteiger charge is 2.23. The fourth-order valence-electron chi connectivity index (χ4n) is 3.03. The van der Waals surface area contributed by atoms with Gasteiger partial charge in [0.15, 0.2) is 11.4 Å². The number of halogens is 1. The number of amides is 3. The average Bonchev–Trinajstić information content (AvgIpc) is 2.81. The minimum Gasteiger partial charge on any atom is -0.504 e. The number of hydrogen-bond donors (Lipinski definition) is 4. The number of hydrogen-bond acceptors (Lipinski definition) is 7. The summed E-state index contributed by atoms with van der Waals surface area (Å²) < 4.78 is 18.1. The zero-order chi connectivity index (χ0) is 24.0. The standard InChI is InChI=1S/C22H22FN5O5/c1-24-21(31)22(32)28-19-15-10-13(9-12-3-5-14(23)6-4-12)11-26-16(15)18(29)17(27-19)20(30)25-7-8-33-2/h3-6,10-11,29H,7-9H2,1-2H3,(H,24,31)(H,25,30)(H,27,28,32). The van der Waals surface area contributed by atoms with E-state index in [0.717, 1.165) is 5.56 Å². The number of aromatic hydroxyl groups is 1. The molecule has 0 aliphatic heterocycles. The summed E-state index contributed by atoms with van der Waals surface area (Å²) >= 11 is 0. The first kappa shape index (κ1) is 23.5. The van der Waals surface area contributed by atoms with Crippen molar-refractivity contribution in [3.05, 3.63) is 59.2 Å². The Labute approximate surface area is 188 Å². The van der Waals surface area contributed by atoms with Crippen LogP contribution in [0.25, 0.3) is 10.9 Å². The third-order valence-electron chi connectivity index (χ3n) is 4.67. The Kier molecular flexibility index (Phi) is 7.46. The highest BCUT2D eigenvalue weighted by molar-refractivity contribution is 6.40.